The summed E-state index contributed by atoms with van der Waals surface area (Å²) in [6.45, 7) is 6.03. The van der Waals surface area contributed by atoms with E-state index in [1.54, 1.807) is 11.8 Å². The molecule has 0 saturated carbocycles. The number of carbonyl (C=O) groups is 2. The zero-order valence-corrected chi connectivity index (χ0v) is 11.5. The van der Waals surface area contributed by atoms with E-state index in [9.17, 15) is 9.59 Å². The fourth-order valence-electron chi connectivity index (χ4n) is 3.20. The quantitative estimate of drug-likeness (QED) is 0.749. The van der Waals surface area contributed by atoms with Crippen molar-refractivity contribution < 1.29 is 9.59 Å². The molecule has 4 heteroatoms. The lowest BCUT2D eigenvalue weighted by molar-refractivity contribution is -0.139. The van der Waals surface area contributed by atoms with E-state index >= 15 is 0 Å². The fraction of sp³-hybridized carbons (Fsp3) is 0.857. The highest BCUT2D eigenvalue weighted by Crippen LogP contribution is 2.25. The lowest BCUT2D eigenvalue weighted by atomic mass is 9.97. The Hall–Kier alpha value is -1.06. The molecule has 0 radical (unpaired) electrons. The van der Waals surface area contributed by atoms with E-state index in [0.29, 0.717) is 12.6 Å². The lowest BCUT2D eigenvalue weighted by Gasteiger charge is -2.36. The summed E-state index contributed by atoms with van der Waals surface area (Å²) in [5.41, 5.74) is 0. The largest absolute Gasteiger partial charge is 0.342 e. The van der Waals surface area contributed by atoms with Crippen LogP contribution >= 0.6 is 0 Å². The molecule has 2 atom stereocenters. The van der Waals surface area contributed by atoms with E-state index < -0.39 is 0 Å². The first kappa shape index (κ1) is 13.4. The number of nitrogens with zero attached hydrogens (tertiary/aromatic N) is 2. The molecule has 18 heavy (non-hydrogen) atoms. The van der Waals surface area contributed by atoms with Crippen LogP contribution in [-0.4, -0.2) is 47.3 Å². The summed E-state index contributed by atoms with van der Waals surface area (Å²) in [7, 11) is 0. The Labute approximate surface area is 109 Å². The monoisotopic (exact) mass is 252 g/mol. The first-order valence-corrected chi connectivity index (χ1v) is 7.19. The molecule has 0 aromatic rings. The van der Waals surface area contributed by atoms with E-state index in [0.717, 1.165) is 38.8 Å². The summed E-state index contributed by atoms with van der Waals surface area (Å²) in [6, 6.07) is 0.428. The van der Waals surface area contributed by atoms with Crippen LogP contribution < -0.4 is 0 Å². The van der Waals surface area contributed by atoms with Crippen molar-refractivity contribution in [3.63, 3.8) is 0 Å². The number of likely N-dealkylation sites (tertiary alicyclic amines) is 2. The molecule has 2 rings (SSSR count). The standard InChI is InChI=1S/C14H24N2O2/c1-3-13-6-4-5-8-16(13)14(18)12-7-9-15(10-12)11(2)17/h12-13H,3-10H2,1-2H3. The Kier molecular flexibility index (Phi) is 4.25. The van der Waals surface area contributed by atoms with Crippen LogP contribution in [0.1, 0.15) is 46.0 Å². The maximum absolute atomic E-state index is 12.5. The van der Waals surface area contributed by atoms with Gasteiger partial charge in [0.25, 0.3) is 0 Å². The third-order valence-corrected chi connectivity index (χ3v) is 4.36. The number of carbonyl (C=O) groups excluding carboxylic acids is 2. The Balaban J connectivity index is 1.96. The van der Waals surface area contributed by atoms with Crippen molar-refractivity contribution in [2.75, 3.05) is 19.6 Å². The minimum Gasteiger partial charge on any atom is -0.342 e. The zero-order valence-electron chi connectivity index (χ0n) is 11.5. The van der Waals surface area contributed by atoms with Crippen molar-refractivity contribution in [2.45, 2.75) is 52.0 Å². The predicted octanol–water partition coefficient (Wildman–Crippen LogP) is 1.65. The molecule has 2 unspecified atom stereocenters. The van der Waals surface area contributed by atoms with Crippen molar-refractivity contribution >= 4 is 11.8 Å². The SMILES string of the molecule is CCC1CCCCN1C(=O)C1CCN(C(C)=O)C1. The van der Waals surface area contributed by atoms with Gasteiger partial charge in [-0.3, -0.25) is 9.59 Å². The molecule has 0 aliphatic carbocycles. The molecule has 2 aliphatic rings. The first-order valence-electron chi connectivity index (χ1n) is 7.19. The van der Waals surface area contributed by atoms with Crippen molar-refractivity contribution in [3.05, 3.63) is 0 Å². The van der Waals surface area contributed by atoms with Crippen LogP contribution in [0.4, 0.5) is 0 Å². The summed E-state index contributed by atoms with van der Waals surface area (Å²) in [5.74, 6) is 0.419. The van der Waals surface area contributed by atoms with Crippen LogP contribution in [0, 0.1) is 5.92 Å². The molecule has 2 amide bonds. The summed E-state index contributed by atoms with van der Waals surface area (Å²) < 4.78 is 0. The molecule has 0 aromatic carbocycles. The van der Waals surface area contributed by atoms with Crippen LogP contribution in [0.2, 0.25) is 0 Å². The fourth-order valence-corrected chi connectivity index (χ4v) is 3.20. The van der Waals surface area contributed by atoms with Crippen LogP contribution in [0.3, 0.4) is 0 Å². The first-order chi connectivity index (χ1) is 8.63. The van der Waals surface area contributed by atoms with Gasteiger partial charge in [0.1, 0.15) is 0 Å². The minimum absolute atomic E-state index is 0.0426. The molecule has 2 heterocycles. The van der Waals surface area contributed by atoms with Crippen molar-refractivity contribution in [2.24, 2.45) is 5.92 Å². The molecule has 0 N–H and O–H groups in total. The van der Waals surface area contributed by atoms with Crippen molar-refractivity contribution in [3.8, 4) is 0 Å². The Morgan fingerprint density at radius 2 is 1.94 bits per heavy atom. The second-order valence-electron chi connectivity index (χ2n) is 5.54. The number of rotatable bonds is 2. The van der Waals surface area contributed by atoms with Crippen molar-refractivity contribution in [1.82, 2.24) is 9.80 Å². The van der Waals surface area contributed by atoms with Gasteiger partial charge in [0, 0.05) is 32.6 Å². The van der Waals surface area contributed by atoms with Gasteiger partial charge >= 0.3 is 0 Å². The van der Waals surface area contributed by atoms with E-state index in [1.807, 2.05) is 0 Å². The minimum atomic E-state index is 0.0426. The number of amides is 2. The van der Waals surface area contributed by atoms with Gasteiger partial charge in [-0.05, 0) is 32.1 Å². The number of hydrogen-bond donors (Lipinski definition) is 0. The molecule has 0 bridgehead atoms. The summed E-state index contributed by atoms with van der Waals surface area (Å²) in [4.78, 5) is 27.7. The molecule has 2 saturated heterocycles. The van der Waals surface area contributed by atoms with Gasteiger partial charge in [-0.15, -0.1) is 0 Å². The molecular formula is C14H24N2O2. The highest BCUT2D eigenvalue weighted by atomic mass is 16.2. The van der Waals surface area contributed by atoms with E-state index in [2.05, 4.69) is 11.8 Å². The third-order valence-electron chi connectivity index (χ3n) is 4.36. The van der Waals surface area contributed by atoms with Crippen LogP contribution in [-0.2, 0) is 9.59 Å². The molecule has 0 aromatic heterocycles. The van der Waals surface area contributed by atoms with Gasteiger partial charge in [-0.25, -0.2) is 0 Å². The number of hydrogen-bond acceptors (Lipinski definition) is 2. The van der Waals surface area contributed by atoms with Gasteiger partial charge in [0.2, 0.25) is 11.8 Å². The topological polar surface area (TPSA) is 40.6 Å². The van der Waals surface area contributed by atoms with Gasteiger partial charge in [-0.2, -0.15) is 0 Å². The normalized spacial score (nSPS) is 28.6. The van der Waals surface area contributed by atoms with Gasteiger partial charge in [-0.1, -0.05) is 6.92 Å². The zero-order chi connectivity index (χ0) is 13.1. The summed E-state index contributed by atoms with van der Waals surface area (Å²) in [5, 5.41) is 0. The molecule has 102 valence electrons. The van der Waals surface area contributed by atoms with E-state index in [-0.39, 0.29) is 17.7 Å². The molecule has 2 fully saturated rings. The lowest BCUT2D eigenvalue weighted by Crippen LogP contribution is -2.46. The van der Waals surface area contributed by atoms with Gasteiger partial charge in [0.05, 0.1) is 5.92 Å². The molecule has 0 spiro atoms. The van der Waals surface area contributed by atoms with E-state index in [1.165, 1.54) is 6.42 Å². The average Bonchev–Trinajstić information content (AvgIpc) is 2.87. The highest BCUT2D eigenvalue weighted by Gasteiger charge is 2.35. The van der Waals surface area contributed by atoms with Crippen LogP contribution in [0.5, 0.6) is 0 Å². The summed E-state index contributed by atoms with van der Waals surface area (Å²) >= 11 is 0. The second kappa shape index (κ2) is 5.72. The van der Waals surface area contributed by atoms with Crippen molar-refractivity contribution in [1.29, 1.82) is 0 Å². The summed E-state index contributed by atoms with van der Waals surface area (Å²) in [6.07, 6.45) is 5.41. The maximum Gasteiger partial charge on any atom is 0.227 e. The maximum atomic E-state index is 12.5. The van der Waals surface area contributed by atoms with E-state index in [4.69, 9.17) is 0 Å². The smallest absolute Gasteiger partial charge is 0.227 e. The second-order valence-corrected chi connectivity index (χ2v) is 5.54. The van der Waals surface area contributed by atoms with Crippen LogP contribution in [0.25, 0.3) is 0 Å². The average molecular weight is 252 g/mol. The Morgan fingerprint density at radius 3 is 2.56 bits per heavy atom. The van der Waals surface area contributed by atoms with Gasteiger partial charge < -0.3 is 9.80 Å². The number of piperidine rings is 1. The molecule has 4 nitrogen and oxygen atoms in total. The molecular weight excluding hydrogens is 228 g/mol. The Morgan fingerprint density at radius 1 is 1.17 bits per heavy atom. The van der Waals surface area contributed by atoms with Crippen LogP contribution in [0.15, 0.2) is 0 Å². The molecule has 2 aliphatic heterocycles. The third kappa shape index (κ3) is 2.68. The van der Waals surface area contributed by atoms with Gasteiger partial charge in [0.15, 0.2) is 0 Å². The highest BCUT2D eigenvalue weighted by molar-refractivity contribution is 5.81. The predicted molar refractivity (Wildman–Crippen MR) is 70.0 cm³/mol. The Bertz CT molecular complexity index is 330.